The molecule has 24 heavy (non-hydrogen) atoms. The summed E-state index contributed by atoms with van der Waals surface area (Å²) in [6.45, 7) is 2.91. The Kier molecular flexibility index (Phi) is 5.18. The van der Waals surface area contributed by atoms with E-state index < -0.39 is 9.84 Å². The van der Waals surface area contributed by atoms with Crippen molar-refractivity contribution in [1.29, 1.82) is 0 Å². The first-order valence-electron chi connectivity index (χ1n) is 9.21. The molecule has 2 atom stereocenters. The average Bonchev–Trinajstić information content (AvgIpc) is 3.11. The molecule has 3 fully saturated rings. The molecule has 0 N–H and O–H groups in total. The van der Waals surface area contributed by atoms with E-state index in [2.05, 4.69) is 0 Å². The quantitative estimate of drug-likeness (QED) is 0.759. The first kappa shape index (κ1) is 17.7. The molecule has 0 aromatic rings. The van der Waals surface area contributed by atoms with Gasteiger partial charge in [-0.05, 0) is 26.2 Å². The second kappa shape index (κ2) is 7.02. The van der Waals surface area contributed by atoms with Gasteiger partial charge in [-0.25, -0.2) is 8.42 Å². The molecule has 1 aliphatic carbocycles. The third-order valence-electron chi connectivity index (χ3n) is 5.80. The molecule has 2 saturated heterocycles. The summed E-state index contributed by atoms with van der Waals surface area (Å²) in [5.74, 6) is -0.0111. The van der Waals surface area contributed by atoms with Crippen LogP contribution in [0.15, 0.2) is 0 Å². The molecule has 0 aromatic carbocycles. The average molecular weight is 356 g/mol. The Morgan fingerprint density at radius 3 is 2.50 bits per heavy atom. The van der Waals surface area contributed by atoms with Crippen molar-refractivity contribution >= 4 is 21.7 Å². The van der Waals surface area contributed by atoms with E-state index in [1.54, 1.807) is 4.90 Å². The second-order valence-corrected chi connectivity index (χ2v) is 9.65. The van der Waals surface area contributed by atoms with Crippen molar-refractivity contribution in [3.05, 3.63) is 0 Å². The van der Waals surface area contributed by atoms with Crippen molar-refractivity contribution in [3.63, 3.8) is 0 Å². The molecule has 2 amide bonds. The molecule has 1 saturated carbocycles. The molecule has 136 valence electrons. The van der Waals surface area contributed by atoms with E-state index in [-0.39, 0.29) is 41.7 Å². The summed E-state index contributed by atoms with van der Waals surface area (Å²) in [7, 11) is -3.02. The number of nitrogens with zero attached hydrogens (tertiary/aromatic N) is 2. The summed E-state index contributed by atoms with van der Waals surface area (Å²) in [5, 5.41) is 0. The van der Waals surface area contributed by atoms with Gasteiger partial charge in [-0.2, -0.15) is 0 Å². The Bertz CT molecular complexity index is 598. The van der Waals surface area contributed by atoms with E-state index in [1.165, 1.54) is 6.42 Å². The molecule has 0 bridgehead atoms. The van der Waals surface area contributed by atoms with Crippen LogP contribution in [-0.2, 0) is 19.4 Å². The second-order valence-electron chi connectivity index (χ2n) is 7.42. The van der Waals surface area contributed by atoms with Crippen molar-refractivity contribution < 1.29 is 18.0 Å². The monoisotopic (exact) mass is 356 g/mol. The summed E-state index contributed by atoms with van der Waals surface area (Å²) >= 11 is 0. The maximum absolute atomic E-state index is 12.9. The zero-order valence-electron chi connectivity index (χ0n) is 14.4. The van der Waals surface area contributed by atoms with Gasteiger partial charge in [-0.3, -0.25) is 9.59 Å². The molecule has 7 heteroatoms. The van der Waals surface area contributed by atoms with Gasteiger partial charge in [0.15, 0.2) is 9.84 Å². The lowest BCUT2D eigenvalue weighted by Gasteiger charge is -2.32. The number of sulfone groups is 1. The lowest BCUT2D eigenvalue weighted by atomic mass is 9.94. The first-order valence-corrected chi connectivity index (χ1v) is 11.0. The SMILES string of the molecule is CCN(C(=O)C1CC(=O)N(C2CCCCC2)C1)C1CCS(=O)(=O)C1. The molecule has 2 aliphatic heterocycles. The van der Waals surface area contributed by atoms with Crippen molar-refractivity contribution in [1.82, 2.24) is 9.80 Å². The van der Waals surface area contributed by atoms with Crippen LogP contribution in [0.1, 0.15) is 51.9 Å². The summed E-state index contributed by atoms with van der Waals surface area (Å²) in [6, 6.07) is 0.0808. The molecule has 0 aromatic heterocycles. The van der Waals surface area contributed by atoms with Crippen LogP contribution in [-0.4, -0.2) is 66.7 Å². The maximum Gasteiger partial charge on any atom is 0.228 e. The van der Waals surface area contributed by atoms with Crippen molar-refractivity contribution in [3.8, 4) is 0 Å². The Morgan fingerprint density at radius 2 is 1.92 bits per heavy atom. The van der Waals surface area contributed by atoms with Crippen LogP contribution in [0.3, 0.4) is 0 Å². The van der Waals surface area contributed by atoms with Crippen molar-refractivity contribution in [2.45, 2.75) is 64.0 Å². The lowest BCUT2D eigenvalue weighted by molar-refractivity contribution is -0.137. The molecule has 3 aliphatic rings. The number of amides is 2. The minimum absolute atomic E-state index is 0.0359. The zero-order valence-corrected chi connectivity index (χ0v) is 15.3. The Balaban J connectivity index is 1.65. The van der Waals surface area contributed by atoms with E-state index in [1.807, 2.05) is 11.8 Å². The van der Waals surface area contributed by atoms with E-state index >= 15 is 0 Å². The van der Waals surface area contributed by atoms with Crippen LogP contribution in [0.5, 0.6) is 0 Å². The third kappa shape index (κ3) is 3.60. The molecule has 3 rings (SSSR count). The van der Waals surface area contributed by atoms with E-state index in [4.69, 9.17) is 0 Å². The summed E-state index contributed by atoms with van der Waals surface area (Å²) in [4.78, 5) is 28.9. The van der Waals surface area contributed by atoms with Gasteiger partial charge in [0.2, 0.25) is 11.8 Å². The van der Waals surface area contributed by atoms with E-state index in [0.29, 0.717) is 25.6 Å². The number of carbonyl (C=O) groups excluding carboxylic acids is 2. The topological polar surface area (TPSA) is 74.8 Å². The normalized spacial score (nSPS) is 30.7. The Hall–Kier alpha value is -1.11. The van der Waals surface area contributed by atoms with Crippen molar-refractivity contribution in [2.75, 3.05) is 24.6 Å². The van der Waals surface area contributed by atoms with Crippen LogP contribution in [0.2, 0.25) is 0 Å². The molecular weight excluding hydrogens is 328 g/mol. The minimum atomic E-state index is -3.02. The van der Waals surface area contributed by atoms with Crippen LogP contribution < -0.4 is 0 Å². The van der Waals surface area contributed by atoms with Crippen molar-refractivity contribution in [2.24, 2.45) is 5.92 Å². The van der Waals surface area contributed by atoms with Gasteiger partial charge < -0.3 is 9.80 Å². The third-order valence-corrected chi connectivity index (χ3v) is 7.55. The summed E-state index contributed by atoms with van der Waals surface area (Å²) < 4.78 is 23.4. The molecule has 2 unspecified atom stereocenters. The standard InChI is InChI=1S/C17H28N2O4S/c1-2-18(15-8-9-24(22,23)12-15)17(21)13-10-16(20)19(11-13)14-6-4-3-5-7-14/h13-15H,2-12H2,1H3. The van der Waals surface area contributed by atoms with Crippen LogP contribution in [0, 0.1) is 5.92 Å². The highest BCUT2D eigenvalue weighted by atomic mass is 32.2. The van der Waals surface area contributed by atoms with Gasteiger partial charge in [0.25, 0.3) is 0 Å². The maximum atomic E-state index is 12.9. The van der Waals surface area contributed by atoms with Gasteiger partial charge in [0.1, 0.15) is 0 Å². The number of likely N-dealkylation sites (tertiary alicyclic amines) is 1. The van der Waals surface area contributed by atoms with Gasteiger partial charge in [0, 0.05) is 31.6 Å². The highest BCUT2D eigenvalue weighted by molar-refractivity contribution is 7.91. The number of carbonyl (C=O) groups is 2. The van der Waals surface area contributed by atoms with Crippen LogP contribution in [0.25, 0.3) is 0 Å². The number of hydrogen-bond acceptors (Lipinski definition) is 4. The largest absolute Gasteiger partial charge is 0.339 e. The summed E-state index contributed by atoms with van der Waals surface area (Å²) in [6.07, 6.45) is 6.46. The number of hydrogen-bond donors (Lipinski definition) is 0. The van der Waals surface area contributed by atoms with Gasteiger partial charge in [-0.1, -0.05) is 19.3 Å². The number of rotatable bonds is 4. The molecular formula is C17H28N2O4S. The highest BCUT2D eigenvalue weighted by Crippen LogP contribution is 2.30. The highest BCUT2D eigenvalue weighted by Gasteiger charge is 2.42. The lowest BCUT2D eigenvalue weighted by Crippen LogP contribution is -2.45. The Labute approximate surface area is 144 Å². The molecule has 6 nitrogen and oxygen atoms in total. The first-order chi connectivity index (χ1) is 11.4. The molecule has 0 radical (unpaired) electrons. The zero-order chi connectivity index (χ0) is 17.3. The van der Waals surface area contributed by atoms with Gasteiger partial charge in [-0.15, -0.1) is 0 Å². The summed E-state index contributed by atoms with van der Waals surface area (Å²) in [5.41, 5.74) is 0. The molecule has 2 heterocycles. The molecule has 0 spiro atoms. The fourth-order valence-corrected chi connectivity index (χ4v) is 6.22. The van der Waals surface area contributed by atoms with Gasteiger partial charge in [0.05, 0.1) is 17.4 Å². The van der Waals surface area contributed by atoms with Crippen LogP contribution >= 0.6 is 0 Å². The van der Waals surface area contributed by atoms with Gasteiger partial charge >= 0.3 is 0 Å². The van der Waals surface area contributed by atoms with E-state index in [9.17, 15) is 18.0 Å². The van der Waals surface area contributed by atoms with Crippen LogP contribution in [0.4, 0.5) is 0 Å². The predicted octanol–water partition coefficient (Wildman–Crippen LogP) is 1.20. The predicted molar refractivity (Wildman–Crippen MR) is 91.1 cm³/mol. The fraction of sp³-hybridized carbons (Fsp3) is 0.882. The smallest absolute Gasteiger partial charge is 0.228 e. The fourth-order valence-electron chi connectivity index (χ4n) is 4.49. The van der Waals surface area contributed by atoms with E-state index in [0.717, 1.165) is 25.7 Å². The Morgan fingerprint density at radius 1 is 1.21 bits per heavy atom. The minimum Gasteiger partial charge on any atom is -0.339 e.